The molecule has 26 heavy (non-hydrogen) atoms. The lowest BCUT2D eigenvalue weighted by atomic mass is 9.89. The highest BCUT2D eigenvalue weighted by Crippen LogP contribution is 2.25. The zero-order valence-corrected chi connectivity index (χ0v) is 15.7. The van der Waals surface area contributed by atoms with Gasteiger partial charge in [0.2, 0.25) is 0 Å². The van der Waals surface area contributed by atoms with E-state index in [1.165, 1.54) is 22.3 Å². The highest BCUT2D eigenvalue weighted by Gasteiger charge is 2.10. The molecule has 0 radical (unpaired) electrons. The van der Waals surface area contributed by atoms with Gasteiger partial charge in [-0.1, -0.05) is 62.4 Å². The van der Waals surface area contributed by atoms with E-state index in [2.05, 4.69) is 62.4 Å². The van der Waals surface area contributed by atoms with Gasteiger partial charge in [0.1, 0.15) is 0 Å². The Bertz CT molecular complexity index is 835. The number of benzene rings is 3. The molecule has 3 rings (SSSR count). The maximum Gasteiger partial charge on any atom is 0.0316 e. The third-order valence-corrected chi connectivity index (χ3v) is 5.09. The van der Waals surface area contributed by atoms with Crippen LogP contribution in [0.4, 0.5) is 11.4 Å². The minimum absolute atomic E-state index is 0.471. The van der Waals surface area contributed by atoms with Gasteiger partial charge >= 0.3 is 0 Å². The summed E-state index contributed by atoms with van der Waals surface area (Å²) in [6, 6.07) is 25.5. The van der Waals surface area contributed by atoms with Crippen molar-refractivity contribution in [1.29, 1.82) is 0 Å². The van der Waals surface area contributed by atoms with Crippen LogP contribution in [-0.4, -0.2) is 0 Å². The van der Waals surface area contributed by atoms with Crippen molar-refractivity contribution in [2.75, 3.05) is 11.5 Å². The smallest absolute Gasteiger partial charge is 0.0316 e. The van der Waals surface area contributed by atoms with Gasteiger partial charge in [-0.15, -0.1) is 0 Å². The highest BCUT2D eigenvalue weighted by molar-refractivity contribution is 5.42. The summed E-state index contributed by atoms with van der Waals surface area (Å²) in [5.41, 5.74) is 18.7. The molecule has 134 valence electrons. The Morgan fingerprint density at radius 3 is 1.69 bits per heavy atom. The second-order valence-corrected chi connectivity index (χ2v) is 7.36. The van der Waals surface area contributed by atoms with Crippen molar-refractivity contribution in [3.8, 4) is 0 Å². The lowest BCUT2D eigenvalue weighted by molar-refractivity contribution is 0.744. The minimum atomic E-state index is 0.471. The topological polar surface area (TPSA) is 52.0 Å². The van der Waals surface area contributed by atoms with Gasteiger partial charge in [0.05, 0.1) is 0 Å². The van der Waals surface area contributed by atoms with Crippen molar-refractivity contribution < 1.29 is 0 Å². The Balaban J connectivity index is 1.64. The fourth-order valence-corrected chi connectivity index (χ4v) is 3.47. The molecule has 4 N–H and O–H groups in total. The summed E-state index contributed by atoms with van der Waals surface area (Å²) in [6.45, 7) is 4.55. The summed E-state index contributed by atoms with van der Waals surface area (Å²) in [4.78, 5) is 0. The van der Waals surface area contributed by atoms with E-state index in [0.717, 1.165) is 24.2 Å². The van der Waals surface area contributed by atoms with Gasteiger partial charge < -0.3 is 11.5 Å². The van der Waals surface area contributed by atoms with Crippen LogP contribution in [0.5, 0.6) is 0 Å². The molecule has 0 aromatic heterocycles. The van der Waals surface area contributed by atoms with E-state index in [1.807, 2.05) is 24.3 Å². The molecule has 2 heteroatoms. The number of hydrogen-bond acceptors (Lipinski definition) is 2. The molecule has 0 amide bonds. The molecular formula is C24H28N2. The van der Waals surface area contributed by atoms with E-state index in [0.29, 0.717) is 11.8 Å². The van der Waals surface area contributed by atoms with E-state index in [1.54, 1.807) is 0 Å². The summed E-state index contributed by atoms with van der Waals surface area (Å²) < 4.78 is 0. The second kappa shape index (κ2) is 8.09. The molecule has 2 atom stereocenters. The van der Waals surface area contributed by atoms with Gasteiger partial charge in [0.15, 0.2) is 0 Å². The van der Waals surface area contributed by atoms with Gasteiger partial charge in [-0.05, 0) is 71.2 Å². The molecular weight excluding hydrogens is 316 g/mol. The van der Waals surface area contributed by atoms with Crippen LogP contribution in [0.3, 0.4) is 0 Å². The quantitative estimate of drug-likeness (QED) is 0.577. The monoisotopic (exact) mass is 344 g/mol. The Hall–Kier alpha value is -2.74. The fraction of sp³-hybridized carbons (Fsp3) is 0.250. The standard InChI is InChI=1S/C24H28N2/c1-17(14-19-6-12-23(25)13-7-19)21-8-10-22(11-9-21)18(2)15-20-4-3-5-24(26)16-20/h3-13,16-18H,14-15,25-26H2,1-2H3. The van der Waals surface area contributed by atoms with Gasteiger partial charge in [-0.3, -0.25) is 0 Å². The zero-order valence-electron chi connectivity index (χ0n) is 15.7. The Morgan fingerprint density at radius 1 is 0.615 bits per heavy atom. The average molecular weight is 345 g/mol. The fourth-order valence-electron chi connectivity index (χ4n) is 3.47. The summed E-state index contributed by atoms with van der Waals surface area (Å²) >= 11 is 0. The van der Waals surface area contributed by atoms with Crippen LogP contribution in [0.15, 0.2) is 72.8 Å². The molecule has 0 fully saturated rings. The van der Waals surface area contributed by atoms with Crippen LogP contribution >= 0.6 is 0 Å². The van der Waals surface area contributed by atoms with Gasteiger partial charge in [-0.25, -0.2) is 0 Å². The van der Waals surface area contributed by atoms with Crippen molar-refractivity contribution >= 4 is 11.4 Å². The van der Waals surface area contributed by atoms with Crippen LogP contribution in [0.1, 0.15) is 47.9 Å². The van der Waals surface area contributed by atoms with Crippen LogP contribution in [0.2, 0.25) is 0 Å². The molecule has 3 aromatic rings. The van der Waals surface area contributed by atoms with Gasteiger partial charge in [0, 0.05) is 11.4 Å². The van der Waals surface area contributed by atoms with Crippen LogP contribution in [0, 0.1) is 0 Å². The van der Waals surface area contributed by atoms with Crippen molar-refractivity contribution in [2.45, 2.75) is 38.5 Å². The molecule has 0 aliphatic heterocycles. The van der Waals surface area contributed by atoms with Crippen LogP contribution < -0.4 is 11.5 Å². The van der Waals surface area contributed by atoms with E-state index < -0.39 is 0 Å². The minimum Gasteiger partial charge on any atom is -0.399 e. The maximum absolute atomic E-state index is 5.89. The van der Waals surface area contributed by atoms with Gasteiger partial charge in [0.25, 0.3) is 0 Å². The first kappa shape index (κ1) is 18.1. The number of anilines is 2. The van der Waals surface area contributed by atoms with E-state index in [9.17, 15) is 0 Å². The Kier molecular flexibility index (Phi) is 5.62. The molecule has 2 unspecified atom stereocenters. The summed E-state index contributed by atoms with van der Waals surface area (Å²) in [5.74, 6) is 0.954. The number of hydrogen-bond donors (Lipinski definition) is 2. The first-order valence-corrected chi connectivity index (χ1v) is 9.30. The first-order valence-electron chi connectivity index (χ1n) is 9.30. The van der Waals surface area contributed by atoms with E-state index in [4.69, 9.17) is 11.5 Å². The zero-order chi connectivity index (χ0) is 18.5. The van der Waals surface area contributed by atoms with Crippen molar-refractivity contribution in [3.05, 3.63) is 95.1 Å². The molecule has 0 bridgehead atoms. The molecule has 0 aliphatic rings. The largest absolute Gasteiger partial charge is 0.399 e. The molecule has 2 nitrogen and oxygen atoms in total. The van der Waals surface area contributed by atoms with Crippen molar-refractivity contribution in [2.24, 2.45) is 0 Å². The highest BCUT2D eigenvalue weighted by atomic mass is 14.5. The lowest BCUT2D eigenvalue weighted by Gasteiger charge is -2.16. The molecule has 0 saturated heterocycles. The van der Waals surface area contributed by atoms with Crippen molar-refractivity contribution in [3.63, 3.8) is 0 Å². The SMILES string of the molecule is CC(Cc1ccc(N)cc1)c1ccc(C(C)Cc2cccc(N)c2)cc1. The van der Waals surface area contributed by atoms with E-state index >= 15 is 0 Å². The first-order chi connectivity index (χ1) is 12.5. The van der Waals surface area contributed by atoms with Crippen LogP contribution in [0.25, 0.3) is 0 Å². The number of nitrogen functional groups attached to an aromatic ring is 2. The third kappa shape index (κ3) is 4.66. The molecule has 0 saturated carbocycles. The van der Waals surface area contributed by atoms with Crippen LogP contribution in [-0.2, 0) is 12.8 Å². The normalized spacial score (nSPS) is 13.3. The average Bonchev–Trinajstić information content (AvgIpc) is 2.64. The maximum atomic E-state index is 5.89. The lowest BCUT2D eigenvalue weighted by Crippen LogP contribution is -2.02. The third-order valence-electron chi connectivity index (χ3n) is 5.09. The van der Waals surface area contributed by atoms with E-state index in [-0.39, 0.29) is 0 Å². The molecule has 3 aromatic carbocycles. The summed E-state index contributed by atoms with van der Waals surface area (Å²) in [6.07, 6.45) is 2.03. The summed E-state index contributed by atoms with van der Waals surface area (Å²) in [7, 11) is 0. The predicted molar refractivity (Wildman–Crippen MR) is 112 cm³/mol. The molecule has 0 heterocycles. The van der Waals surface area contributed by atoms with Crippen molar-refractivity contribution in [1.82, 2.24) is 0 Å². The molecule has 0 spiro atoms. The second-order valence-electron chi connectivity index (χ2n) is 7.36. The van der Waals surface area contributed by atoms with Gasteiger partial charge in [-0.2, -0.15) is 0 Å². The summed E-state index contributed by atoms with van der Waals surface area (Å²) in [5, 5.41) is 0. The predicted octanol–water partition coefficient (Wildman–Crippen LogP) is 5.54. The molecule has 0 aliphatic carbocycles. The number of nitrogens with two attached hydrogens (primary N) is 2. The Labute approximate surface area is 156 Å². The number of rotatable bonds is 6. The Morgan fingerprint density at radius 2 is 1.15 bits per heavy atom.